The number of piperidine rings is 1. The maximum Gasteiger partial charge on any atom is 0.270 e. The molecule has 104 valence electrons. The van der Waals surface area contributed by atoms with E-state index in [0.717, 1.165) is 36.0 Å². The highest BCUT2D eigenvalue weighted by molar-refractivity contribution is 9.10. The average Bonchev–Trinajstić information content (AvgIpc) is 2.40. The van der Waals surface area contributed by atoms with Gasteiger partial charge in [0.1, 0.15) is 0 Å². The predicted octanol–water partition coefficient (Wildman–Crippen LogP) is 3.07. The number of nitro benzene ring substituents is 1. The summed E-state index contributed by atoms with van der Waals surface area (Å²) in [4.78, 5) is 12.7. The van der Waals surface area contributed by atoms with E-state index in [1.165, 1.54) is 6.42 Å². The van der Waals surface area contributed by atoms with Gasteiger partial charge in [0.05, 0.1) is 10.6 Å². The van der Waals surface area contributed by atoms with Gasteiger partial charge in [-0.3, -0.25) is 10.1 Å². The standard InChI is InChI=1S/C13H18BrN3O2/c14-12-9-11(17(18)19)4-5-13(12)16-8-2-1-3-10(16)6-7-15/h4-5,9-10H,1-3,6-8,15H2. The lowest BCUT2D eigenvalue weighted by Gasteiger charge is -2.38. The van der Waals surface area contributed by atoms with E-state index >= 15 is 0 Å². The zero-order valence-electron chi connectivity index (χ0n) is 10.7. The fraction of sp³-hybridized carbons (Fsp3) is 0.538. The Morgan fingerprint density at radius 3 is 2.89 bits per heavy atom. The topological polar surface area (TPSA) is 72.4 Å². The van der Waals surface area contributed by atoms with Crippen LogP contribution < -0.4 is 10.6 Å². The molecule has 1 heterocycles. The van der Waals surface area contributed by atoms with Crippen molar-refractivity contribution in [3.05, 3.63) is 32.8 Å². The quantitative estimate of drug-likeness (QED) is 0.681. The highest BCUT2D eigenvalue weighted by atomic mass is 79.9. The first kappa shape index (κ1) is 14.3. The second-order valence-corrected chi connectivity index (χ2v) is 5.67. The Morgan fingerprint density at radius 1 is 1.47 bits per heavy atom. The van der Waals surface area contributed by atoms with Gasteiger partial charge in [-0.05, 0) is 54.2 Å². The van der Waals surface area contributed by atoms with E-state index in [-0.39, 0.29) is 10.6 Å². The third kappa shape index (κ3) is 3.25. The van der Waals surface area contributed by atoms with Crippen LogP contribution >= 0.6 is 15.9 Å². The van der Waals surface area contributed by atoms with Crippen LogP contribution in [0.2, 0.25) is 0 Å². The molecule has 0 aromatic heterocycles. The number of hydrogen-bond donors (Lipinski definition) is 1. The minimum absolute atomic E-state index is 0.114. The molecule has 1 fully saturated rings. The molecule has 1 saturated heterocycles. The molecule has 0 spiro atoms. The molecule has 1 aliphatic heterocycles. The van der Waals surface area contributed by atoms with Gasteiger partial charge in [0.15, 0.2) is 0 Å². The number of hydrogen-bond acceptors (Lipinski definition) is 4. The summed E-state index contributed by atoms with van der Waals surface area (Å²) >= 11 is 3.45. The van der Waals surface area contributed by atoms with Gasteiger partial charge in [0, 0.05) is 29.2 Å². The smallest absolute Gasteiger partial charge is 0.270 e. The van der Waals surface area contributed by atoms with Crippen molar-refractivity contribution in [2.45, 2.75) is 31.7 Å². The summed E-state index contributed by atoms with van der Waals surface area (Å²) in [5, 5.41) is 10.8. The van der Waals surface area contributed by atoms with Crippen LogP contribution in [0.4, 0.5) is 11.4 Å². The third-order valence-corrected chi connectivity index (χ3v) is 4.21. The Balaban J connectivity index is 2.26. The van der Waals surface area contributed by atoms with E-state index in [9.17, 15) is 10.1 Å². The van der Waals surface area contributed by atoms with Crippen molar-refractivity contribution in [1.82, 2.24) is 0 Å². The summed E-state index contributed by atoms with van der Waals surface area (Å²) in [6.07, 6.45) is 4.49. The Hall–Kier alpha value is -1.14. The first-order valence-electron chi connectivity index (χ1n) is 6.54. The van der Waals surface area contributed by atoms with Gasteiger partial charge in [-0.2, -0.15) is 0 Å². The summed E-state index contributed by atoms with van der Waals surface area (Å²) in [5.41, 5.74) is 6.82. The molecule has 0 amide bonds. The van der Waals surface area contributed by atoms with Crippen LogP contribution in [0.3, 0.4) is 0 Å². The molecule has 0 saturated carbocycles. The van der Waals surface area contributed by atoms with Gasteiger partial charge in [-0.15, -0.1) is 0 Å². The van der Waals surface area contributed by atoms with Crippen LogP contribution in [0.5, 0.6) is 0 Å². The van der Waals surface area contributed by atoms with E-state index in [1.54, 1.807) is 12.1 Å². The number of nitrogens with two attached hydrogens (primary N) is 1. The number of non-ortho nitro benzene ring substituents is 1. The number of rotatable bonds is 4. The molecule has 1 aromatic rings. The van der Waals surface area contributed by atoms with E-state index < -0.39 is 0 Å². The molecular formula is C13H18BrN3O2. The molecule has 0 bridgehead atoms. The van der Waals surface area contributed by atoms with Gasteiger partial charge in [-0.25, -0.2) is 0 Å². The van der Waals surface area contributed by atoms with Crippen molar-refractivity contribution < 1.29 is 4.92 Å². The normalized spacial score (nSPS) is 19.5. The van der Waals surface area contributed by atoms with Crippen LogP contribution in [0.15, 0.2) is 22.7 Å². The summed E-state index contributed by atoms with van der Waals surface area (Å²) in [7, 11) is 0. The molecule has 5 nitrogen and oxygen atoms in total. The van der Waals surface area contributed by atoms with Crippen LogP contribution in [-0.4, -0.2) is 24.1 Å². The van der Waals surface area contributed by atoms with Gasteiger partial charge < -0.3 is 10.6 Å². The molecular weight excluding hydrogens is 310 g/mol. The molecule has 0 radical (unpaired) electrons. The third-order valence-electron chi connectivity index (χ3n) is 3.58. The summed E-state index contributed by atoms with van der Waals surface area (Å²) in [6, 6.07) is 5.41. The summed E-state index contributed by atoms with van der Waals surface area (Å²) in [5.74, 6) is 0. The van der Waals surface area contributed by atoms with Crippen molar-refractivity contribution >= 4 is 27.3 Å². The van der Waals surface area contributed by atoms with E-state index in [4.69, 9.17) is 5.73 Å². The molecule has 1 aromatic carbocycles. The highest BCUT2D eigenvalue weighted by Gasteiger charge is 2.24. The maximum absolute atomic E-state index is 10.8. The van der Waals surface area contributed by atoms with E-state index in [1.807, 2.05) is 6.07 Å². The molecule has 1 atom stereocenters. The van der Waals surface area contributed by atoms with Crippen molar-refractivity contribution in [1.29, 1.82) is 0 Å². The number of anilines is 1. The van der Waals surface area contributed by atoms with Crippen LogP contribution in [-0.2, 0) is 0 Å². The Morgan fingerprint density at radius 2 is 2.26 bits per heavy atom. The lowest BCUT2D eigenvalue weighted by molar-refractivity contribution is -0.384. The Labute approximate surface area is 121 Å². The second-order valence-electron chi connectivity index (χ2n) is 4.81. The van der Waals surface area contributed by atoms with Crippen molar-refractivity contribution in [3.63, 3.8) is 0 Å². The zero-order chi connectivity index (χ0) is 13.8. The van der Waals surface area contributed by atoms with E-state index in [0.29, 0.717) is 12.6 Å². The number of benzene rings is 1. The molecule has 0 aliphatic carbocycles. The fourth-order valence-corrected chi connectivity index (χ4v) is 3.25. The lowest BCUT2D eigenvalue weighted by Crippen LogP contribution is -2.41. The largest absolute Gasteiger partial charge is 0.368 e. The van der Waals surface area contributed by atoms with Crippen molar-refractivity contribution in [2.24, 2.45) is 5.73 Å². The predicted molar refractivity (Wildman–Crippen MR) is 79.5 cm³/mol. The number of halogens is 1. The fourth-order valence-electron chi connectivity index (χ4n) is 2.65. The highest BCUT2D eigenvalue weighted by Crippen LogP contribution is 2.34. The van der Waals surface area contributed by atoms with Crippen molar-refractivity contribution in [2.75, 3.05) is 18.0 Å². The second kappa shape index (κ2) is 6.34. The molecule has 2 rings (SSSR count). The average molecular weight is 328 g/mol. The lowest BCUT2D eigenvalue weighted by atomic mass is 9.98. The molecule has 1 aliphatic rings. The monoisotopic (exact) mass is 327 g/mol. The SMILES string of the molecule is NCCC1CCCCN1c1ccc([N+](=O)[O-])cc1Br. The zero-order valence-corrected chi connectivity index (χ0v) is 12.3. The van der Waals surface area contributed by atoms with Gasteiger partial charge >= 0.3 is 0 Å². The maximum atomic E-state index is 10.8. The number of nitrogens with zero attached hydrogens (tertiary/aromatic N) is 2. The first-order chi connectivity index (χ1) is 9.13. The van der Waals surface area contributed by atoms with Crippen molar-refractivity contribution in [3.8, 4) is 0 Å². The first-order valence-corrected chi connectivity index (χ1v) is 7.33. The summed E-state index contributed by atoms with van der Waals surface area (Å²) in [6.45, 7) is 1.66. The van der Waals surface area contributed by atoms with E-state index in [2.05, 4.69) is 20.8 Å². The molecule has 6 heteroatoms. The Bertz CT molecular complexity index is 465. The molecule has 2 N–H and O–H groups in total. The number of nitro groups is 1. The van der Waals surface area contributed by atoms with Gasteiger partial charge in [0.2, 0.25) is 0 Å². The Kier molecular flexibility index (Phi) is 4.76. The van der Waals surface area contributed by atoms with Crippen LogP contribution in [0, 0.1) is 10.1 Å². The molecule has 19 heavy (non-hydrogen) atoms. The van der Waals surface area contributed by atoms with Crippen LogP contribution in [0.1, 0.15) is 25.7 Å². The minimum atomic E-state index is -0.373. The van der Waals surface area contributed by atoms with Gasteiger partial charge in [0.25, 0.3) is 5.69 Å². The molecule has 1 unspecified atom stereocenters. The summed E-state index contributed by atoms with van der Waals surface area (Å²) < 4.78 is 0.783. The van der Waals surface area contributed by atoms with Gasteiger partial charge in [-0.1, -0.05) is 0 Å². The minimum Gasteiger partial charge on any atom is -0.368 e. The van der Waals surface area contributed by atoms with Crippen LogP contribution in [0.25, 0.3) is 0 Å².